The fourth-order valence-electron chi connectivity index (χ4n) is 3.06. The fraction of sp³-hybridized carbons (Fsp3) is 0.350. The molecular weight excluding hydrogens is 394 g/mol. The number of carbonyl (C=O) groups excluding carboxylic acids is 1. The van der Waals surface area contributed by atoms with Gasteiger partial charge in [0.05, 0.1) is 13.7 Å². The van der Waals surface area contributed by atoms with Crippen LogP contribution in [0.4, 0.5) is 5.69 Å². The smallest absolute Gasteiger partial charge is 0.234 e. The van der Waals surface area contributed by atoms with Crippen LogP contribution in [0.25, 0.3) is 0 Å². The molecule has 2 aromatic rings. The summed E-state index contributed by atoms with van der Waals surface area (Å²) in [7, 11) is 1.64. The van der Waals surface area contributed by atoms with Crippen LogP contribution in [0, 0.1) is 0 Å². The predicted molar refractivity (Wildman–Crippen MR) is 108 cm³/mol. The molecule has 1 saturated heterocycles. The Morgan fingerprint density at radius 3 is 2.54 bits per heavy atom. The quantitative estimate of drug-likeness (QED) is 0.784. The molecule has 1 aliphatic heterocycles. The van der Waals surface area contributed by atoms with Gasteiger partial charge in [0.2, 0.25) is 5.91 Å². The van der Waals surface area contributed by atoms with Crippen LogP contribution in [0.5, 0.6) is 5.75 Å². The zero-order valence-electron chi connectivity index (χ0n) is 15.0. The zero-order valence-corrected chi connectivity index (χ0v) is 16.5. The molecule has 1 aliphatic rings. The van der Waals surface area contributed by atoms with Gasteiger partial charge >= 0.3 is 0 Å². The number of hydrogen-bond acceptors (Lipinski definition) is 4. The Kier molecular flexibility index (Phi) is 6.52. The minimum absolute atomic E-state index is 0.0601. The van der Waals surface area contributed by atoms with Gasteiger partial charge in [-0.1, -0.05) is 28.1 Å². The fourth-order valence-corrected chi connectivity index (χ4v) is 3.32. The largest absolute Gasteiger partial charge is 0.497 e. The number of nitrogens with one attached hydrogen (secondary N) is 1. The lowest BCUT2D eigenvalue weighted by atomic mass is 10.2. The van der Waals surface area contributed by atoms with Gasteiger partial charge in [0, 0.05) is 42.9 Å². The molecule has 1 fully saturated rings. The number of piperazine rings is 1. The number of anilines is 1. The predicted octanol–water partition coefficient (Wildman–Crippen LogP) is 2.90. The molecular formula is C20H24BrN3O2. The number of halogens is 1. The van der Waals surface area contributed by atoms with Crippen molar-refractivity contribution in [1.29, 1.82) is 0 Å². The number of amides is 1. The second-order valence-corrected chi connectivity index (χ2v) is 7.28. The third kappa shape index (κ3) is 5.22. The second-order valence-electron chi connectivity index (χ2n) is 6.37. The summed E-state index contributed by atoms with van der Waals surface area (Å²) in [6.07, 6.45) is 0. The number of rotatable bonds is 6. The molecule has 3 rings (SSSR count). The van der Waals surface area contributed by atoms with Gasteiger partial charge in [-0.2, -0.15) is 0 Å². The van der Waals surface area contributed by atoms with Crippen molar-refractivity contribution in [2.24, 2.45) is 0 Å². The highest BCUT2D eigenvalue weighted by Gasteiger charge is 2.19. The summed E-state index contributed by atoms with van der Waals surface area (Å²) in [5, 5.41) is 2.99. The number of benzene rings is 2. The highest BCUT2D eigenvalue weighted by Crippen LogP contribution is 2.19. The van der Waals surface area contributed by atoms with Gasteiger partial charge in [0.25, 0.3) is 0 Å². The van der Waals surface area contributed by atoms with Crippen molar-refractivity contribution in [3.8, 4) is 5.75 Å². The number of methoxy groups -OCH3 is 1. The van der Waals surface area contributed by atoms with Gasteiger partial charge in [-0.15, -0.1) is 0 Å². The van der Waals surface area contributed by atoms with Gasteiger partial charge in [-0.25, -0.2) is 0 Å². The van der Waals surface area contributed by atoms with Gasteiger partial charge in [0.1, 0.15) is 5.75 Å². The van der Waals surface area contributed by atoms with E-state index in [4.69, 9.17) is 4.74 Å². The Balaban J connectivity index is 1.42. The van der Waals surface area contributed by atoms with E-state index in [9.17, 15) is 4.79 Å². The molecule has 5 nitrogen and oxygen atoms in total. The highest BCUT2D eigenvalue weighted by molar-refractivity contribution is 9.10. The van der Waals surface area contributed by atoms with E-state index in [1.54, 1.807) is 7.11 Å². The minimum Gasteiger partial charge on any atom is -0.497 e. The van der Waals surface area contributed by atoms with Crippen molar-refractivity contribution in [3.63, 3.8) is 0 Å². The summed E-state index contributed by atoms with van der Waals surface area (Å²) >= 11 is 3.47. The van der Waals surface area contributed by atoms with Crippen LogP contribution in [0.3, 0.4) is 0 Å². The summed E-state index contributed by atoms with van der Waals surface area (Å²) < 4.78 is 6.30. The van der Waals surface area contributed by atoms with E-state index in [-0.39, 0.29) is 5.91 Å². The number of ether oxygens (including phenoxy) is 1. The summed E-state index contributed by atoms with van der Waals surface area (Å²) in [5.74, 6) is 0.866. The summed E-state index contributed by atoms with van der Waals surface area (Å²) in [4.78, 5) is 16.8. The highest BCUT2D eigenvalue weighted by atomic mass is 79.9. The van der Waals surface area contributed by atoms with E-state index in [2.05, 4.69) is 55.3 Å². The Bertz CT molecular complexity index is 728. The van der Waals surface area contributed by atoms with Crippen LogP contribution in [0.1, 0.15) is 5.56 Å². The maximum Gasteiger partial charge on any atom is 0.234 e. The first-order chi connectivity index (χ1) is 12.6. The van der Waals surface area contributed by atoms with Gasteiger partial charge < -0.3 is 15.0 Å². The van der Waals surface area contributed by atoms with E-state index in [1.807, 2.05) is 24.3 Å². The van der Waals surface area contributed by atoms with E-state index in [1.165, 1.54) is 5.69 Å². The van der Waals surface area contributed by atoms with Crippen molar-refractivity contribution in [2.75, 3.05) is 44.7 Å². The molecule has 1 N–H and O–H groups in total. The molecule has 0 unspecified atom stereocenters. The van der Waals surface area contributed by atoms with Gasteiger partial charge in [-0.3, -0.25) is 9.69 Å². The average molecular weight is 418 g/mol. The molecule has 1 amide bonds. The molecule has 0 bridgehead atoms. The molecule has 0 aromatic heterocycles. The molecule has 0 saturated carbocycles. The SMILES string of the molecule is COc1cccc(CNC(=O)CN2CCN(c3ccc(Br)cc3)CC2)c1. The number of nitrogens with zero attached hydrogens (tertiary/aromatic N) is 2. The Morgan fingerprint density at radius 1 is 1.12 bits per heavy atom. The third-order valence-corrected chi connectivity index (χ3v) is 5.08. The molecule has 0 atom stereocenters. The van der Waals surface area contributed by atoms with Crippen LogP contribution in [-0.4, -0.2) is 50.6 Å². The van der Waals surface area contributed by atoms with Crippen LogP contribution < -0.4 is 15.0 Å². The molecule has 0 radical (unpaired) electrons. The van der Waals surface area contributed by atoms with Crippen LogP contribution in [-0.2, 0) is 11.3 Å². The molecule has 26 heavy (non-hydrogen) atoms. The van der Waals surface area contributed by atoms with Gasteiger partial charge in [0.15, 0.2) is 0 Å². The molecule has 1 heterocycles. The lowest BCUT2D eigenvalue weighted by molar-refractivity contribution is -0.122. The maximum atomic E-state index is 12.2. The van der Waals surface area contributed by atoms with Crippen molar-refractivity contribution in [3.05, 3.63) is 58.6 Å². The normalized spacial score (nSPS) is 14.9. The molecule has 0 aliphatic carbocycles. The molecule has 2 aromatic carbocycles. The molecule has 0 spiro atoms. The van der Waals surface area contributed by atoms with Crippen LogP contribution in [0.15, 0.2) is 53.0 Å². The standard InChI is InChI=1S/C20H24BrN3O2/c1-26-19-4-2-3-16(13-19)14-22-20(25)15-23-9-11-24(12-10-23)18-7-5-17(21)6-8-18/h2-8,13H,9-12,14-15H2,1H3,(H,22,25). The minimum atomic E-state index is 0.0601. The van der Waals surface area contributed by atoms with Crippen LogP contribution in [0.2, 0.25) is 0 Å². The lowest BCUT2D eigenvalue weighted by Gasteiger charge is -2.35. The first kappa shape index (κ1) is 18.7. The van der Waals surface area contributed by atoms with E-state index >= 15 is 0 Å². The molecule has 6 heteroatoms. The van der Waals surface area contributed by atoms with E-state index < -0.39 is 0 Å². The lowest BCUT2D eigenvalue weighted by Crippen LogP contribution is -2.49. The van der Waals surface area contributed by atoms with Crippen molar-refractivity contribution >= 4 is 27.5 Å². The Labute approximate surface area is 163 Å². The zero-order chi connectivity index (χ0) is 18.4. The van der Waals surface area contributed by atoms with Crippen molar-refractivity contribution < 1.29 is 9.53 Å². The summed E-state index contributed by atoms with van der Waals surface area (Å²) in [6.45, 7) is 4.62. The number of carbonyl (C=O) groups is 1. The van der Waals surface area contributed by atoms with Crippen molar-refractivity contribution in [2.45, 2.75) is 6.54 Å². The first-order valence-electron chi connectivity index (χ1n) is 8.76. The summed E-state index contributed by atoms with van der Waals surface area (Å²) in [6, 6.07) is 16.1. The number of hydrogen-bond donors (Lipinski definition) is 1. The first-order valence-corrected chi connectivity index (χ1v) is 9.56. The van der Waals surface area contributed by atoms with Crippen molar-refractivity contribution in [1.82, 2.24) is 10.2 Å². The topological polar surface area (TPSA) is 44.8 Å². The van der Waals surface area contributed by atoms with Gasteiger partial charge in [-0.05, 0) is 42.0 Å². The average Bonchev–Trinajstić information content (AvgIpc) is 2.68. The maximum absolute atomic E-state index is 12.2. The van der Waals surface area contributed by atoms with E-state index in [0.717, 1.165) is 42.0 Å². The van der Waals surface area contributed by atoms with Crippen LogP contribution >= 0.6 is 15.9 Å². The Morgan fingerprint density at radius 2 is 1.85 bits per heavy atom. The third-order valence-electron chi connectivity index (χ3n) is 4.56. The Hall–Kier alpha value is -2.05. The summed E-state index contributed by atoms with van der Waals surface area (Å²) in [5.41, 5.74) is 2.27. The molecule has 138 valence electrons. The monoisotopic (exact) mass is 417 g/mol. The second kappa shape index (κ2) is 9.05. The van der Waals surface area contributed by atoms with E-state index in [0.29, 0.717) is 13.1 Å².